The Kier molecular flexibility index (Phi) is 4.94. The first kappa shape index (κ1) is 13.9. The first-order chi connectivity index (χ1) is 9.92. The molecule has 2 saturated carbocycles. The molecule has 1 heterocycles. The quantitative estimate of drug-likeness (QED) is 0.703. The number of hydrogen-bond acceptors (Lipinski definition) is 1. The predicted octanol–water partition coefficient (Wildman–Crippen LogP) is 4.90. The van der Waals surface area contributed by atoms with Crippen LogP contribution in [0.5, 0.6) is 0 Å². The molecule has 3 rings (SSSR count). The van der Waals surface area contributed by atoms with Crippen molar-refractivity contribution in [2.75, 3.05) is 0 Å². The lowest BCUT2D eigenvalue weighted by molar-refractivity contribution is 0.341. The number of hydrogen-bond donors (Lipinski definition) is 1. The van der Waals surface area contributed by atoms with Crippen LogP contribution in [0.25, 0.3) is 0 Å². The Bertz CT molecular complexity index is 397. The molecule has 0 aliphatic heterocycles. The minimum Gasteiger partial charge on any atom is -0.351 e. The molecule has 0 unspecified atom stereocenters. The molecule has 0 saturated heterocycles. The summed E-state index contributed by atoms with van der Waals surface area (Å²) in [5.74, 6) is 2.67. The van der Waals surface area contributed by atoms with E-state index in [-0.39, 0.29) is 0 Å². The largest absolute Gasteiger partial charge is 0.351 e. The maximum atomic E-state index is 4.38. The van der Waals surface area contributed by atoms with Crippen molar-refractivity contribution in [3.05, 3.63) is 30.4 Å². The molecule has 2 aliphatic carbocycles. The lowest BCUT2D eigenvalue weighted by Gasteiger charge is -2.20. The Balaban J connectivity index is 1.42. The lowest BCUT2D eigenvalue weighted by Crippen LogP contribution is -2.06. The Labute approximate surface area is 123 Å². The van der Waals surface area contributed by atoms with Gasteiger partial charge < -0.3 is 4.98 Å². The predicted molar refractivity (Wildman–Crippen MR) is 83.5 cm³/mol. The normalized spacial score (nSPS) is 22.4. The molecule has 20 heavy (non-hydrogen) atoms. The van der Waals surface area contributed by atoms with Crippen molar-refractivity contribution in [2.45, 2.75) is 64.2 Å². The molecule has 1 aromatic heterocycles. The highest BCUT2D eigenvalue weighted by atomic mass is 14.9. The number of nitrogens with one attached hydrogen (secondary N) is 1. The van der Waals surface area contributed by atoms with Gasteiger partial charge in [0.15, 0.2) is 0 Å². The van der Waals surface area contributed by atoms with Crippen molar-refractivity contribution in [2.24, 2.45) is 17.8 Å². The molecule has 0 spiro atoms. The smallest absolute Gasteiger partial charge is 0.0923 e. The van der Waals surface area contributed by atoms with Crippen LogP contribution in [0, 0.1) is 17.8 Å². The van der Waals surface area contributed by atoms with E-state index in [1.165, 1.54) is 63.5 Å². The second-order valence-corrected chi connectivity index (χ2v) is 6.78. The van der Waals surface area contributed by atoms with Crippen molar-refractivity contribution >= 4 is 0 Å². The Morgan fingerprint density at radius 3 is 2.75 bits per heavy atom. The van der Waals surface area contributed by atoms with Crippen LogP contribution in [0.3, 0.4) is 0 Å². The van der Waals surface area contributed by atoms with Gasteiger partial charge in [-0.2, -0.15) is 0 Å². The number of aromatic amines is 1. The summed E-state index contributed by atoms with van der Waals surface area (Å²) in [5, 5.41) is 0. The summed E-state index contributed by atoms with van der Waals surface area (Å²) in [6.07, 6.45) is 22.8. The van der Waals surface area contributed by atoms with Crippen LogP contribution >= 0.6 is 0 Å². The van der Waals surface area contributed by atoms with Crippen LogP contribution in [0.2, 0.25) is 0 Å². The van der Waals surface area contributed by atoms with Crippen LogP contribution in [0.4, 0.5) is 0 Å². The fourth-order valence-electron chi connectivity index (χ4n) is 3.64. The number of H-pyrrole nitrogens is 1. The van der Waals surface area contributed by atoms with Gasteiger partial charge in [-0.05, 0) is 49.9 Å². The number of allylic oxidation sites excluding steroid dienone is 2. The zero-order valence-corrected chi connectivity index (χ0v) is 12.6. The standard InChI is InChI=1S/C18H28N2/c1-2-6-15(7-3-1)8-4-5-9-17(16-10-11-16)12-18-13-19-14-20-18/h5,9,13-17H,1-4,6-8,10-12H2,(H,19,20)/b9-5+/t17-/m0/s1. The molecule has 2 aliphatic rings. The summed E-state index contributed by atoms with van der Waals surface area (Å²) < 4.78 is 0. The van der Waals surface area contributed by atoms with E-state index in [1.807, 2.05) is 6.20 Å². The highest BCUT2D eigenvalue weighted by Crippen LogP contribution is 2.39. The molecule has 0 bridgehead atoms. The fourth-order valence-corrected chi connectivity index (χ4v) is 3.64. The highest BCUT2D eigenvalue weighted by molar-refractivity contribution is 5.05. The molecule has 0 amide bonds. The van der Waals surface area contributed by atoms with Gasteiger partial charge in [0, 0.05) is 6.20 Å². The van der Waals surface area contributed by atoms with Gasteiger partial charge in [-0.15, -0.1) is 0 Å². The van der Waals surface area contributed by atoms with Gasteiger partial charge in [-0.3, -0.25) is 0 Å². The zero-order chi connectivity index (χ0) is 13.6. The molecule has 1 N–H and O–H groups in total. The summed E-state index contributed by atoms with van der Waals surface area (Å²) in [6.45, 7) is 0. The molecule has 1 atom stereocenters. The average molecular weight is 272 g/mol. The number of nitrogens with zero attached hydrogens (tertiary/aromatic N) is 1. The molecule has 0 aromatic carbocycles. The maximum Gasteiger partial charge on any atom is 0.0923 e. The Hall–Kier alpha value is -1.05. The summed E-state index contributed by atoms with van der Waals surface area (Å²) in [5.41, 5.74) is 1.22. The molecular weight excluding hydrogens is 244 g/mol. The highest BCUT2D eigenvalue weighted by Gasteiger charge is 2.29. The maximum absolute atomic E-state index is 4.38. The molecule has 1 aromatic rings. The van der Waals surface area contributed by atoms with Gasteiger partial charge in [-0.1, -0.05) is 44.3 Å². The van der Waals surface area contributed by atoms with Gasteiger partial charge in [-0.25, -0.2) is 4.98 Å². The van der Waals surface area contributed by atoms with E-state index in [0.717, 1.165) is 24.2 Å². The van der Waals surface area contributed by atoms with E-state index in [4.69, 9.17) is 0 Å². The zero-order valence-electron chi connectivity index (χ0n) is 12.6. The third-order valence-electron chi connectivity index (χ3n) is 5.08. The van der Waals surface area contributed by atoms with E-state index in [2.05, 4.69) is 22.1 Å². The summed E-state index contributed by atoms with van der Waals surface area (Å²) in [4.78, 5) is 7.45. The number of imidazole rings is 1. The number of aromatic nitrogens is 2. The molecule has 2 heteroatoms. The van der Waals surface area contributed by atoms with Crippen LogP contribution in [0.15, 0.2) is 24.7 Å². The van der Waals surface area contributed by atoms with E-state index < -0.39 is 0 Å². The third-order valence-corrected chi connectivity index (χ3v) is 5.08. The van der Waals surface area contributed by atoms with Crippen molar-refractivity contribution in [3.8, 4) is 0 Å². The van der Waals surface area contributed by atoms with E-state index in [9.17, 15) is 0 Å². The minimum absolute atomic E-state index is 0.727. The van der Waals surface area contributed by atoms with Crippen LogP contribution in [-0.2, 0) is 6.42 Å². The first-order valence-electron chi connectivity index (χ1n) is 8.56. The van der Waals surface area contributed by atoms with Crippen molar-refractivity contribution in [3.63, 3.8) is 0 Å². The topological polar surface area (TPSA) is 28.7 Å². The van der Waals surface area contributed by atoms with Gasteiger partial charge >= 0.3 is 0 Å². The van der Waals surface area contributed by atoms with Crippen LogP contribution < -0.4 is 0 Å². The van der Waals surface area contributed by atoms with Crippen LogP contribution in [-0.4, -0.2) is 9.97 Å². The van der Waals surface area contributed by atoms with Gasteiger partial charge in [0.05, 0.1) is 12.0 Å². The van der Waals surface area contributed by atoms with E-state index in [1.54, 1.807) is 6.33 Å². The van der Waals surface area contributed by atoms with Crippen LogP contribution in [0.1, 0.15) is 63.5 Å². The third kappa shape index (κ3) is 4.22. The Morgan fingerprint density at radius 2 is 2.05 bits per heavy atom. The minimum atomic E-state index is 0.727. The molecular formula is C18H28N2. The SMILES string of the molecule is C(=C\[C@@H](Cc1c[nH]cn1)C1CC1)/CCC1CCCCC1. The second kappa shape index (κ2) is 7.10. The van der Waals surface area contributed by atoms with E-state index in [0.29, 0.717) is 0 Å². The second-order valence-electron chi connectivity index (χ2n) is 6.78. The molecule has 0 radical (unpaired) electrons. The monoisotopic (exact) mass is 272 g/mol. The summed E-state index contributed by atoms with van der Waals surface area (Å²) in [7, 11) is 0. The lowest BCUT2D eigenvalue weighted by atomic mass is 9.86. The van der Waals surface area contributed by atoms with Crippen molar-refractivity contribution in [1.82, 2.24) is 9.97 Å². The first-order valence-corrected chi connectivity index (χ1v) is 8.56. The molecule has 2 fully saturated rings. The van der Waals surface area contributed by atoms with Gasteiger partial charge in [0.1, 0.15) is 0 Å². The number of rotatable bonds is 7. The van der Waals surface area contributed by atoms with Gasteiger partial charge in [0.2, 0.25) is 0 Å². The summed E-state index contributed by atoms with van der Waals surface area (Å²) >= 11 is 0. The van der Waals surface area contributed by atoms with Gasteiger partial charge in [0.25, 0.3) is 0 Å². The Morgan fingerprint density at radius 1 is 1.20 bits per heavy atom. The van der Waals surface area contributed by atoms with E-state index >= 15 is 0 Å². The average Bonchev–Trinajstić information content (AvgIpc) is 3.21. The molecule has 2 nitrogen and oxygen atoms in total. The fraction of sp³-hybridized carbons (Fsp3) is 0.722. The van der Waals surface area contributed by atoms with Crippen molar-refractivity contribution < 1.29 is 0 Å². The van der Waals surface area contributed by atoms with Crippen molar-refractivity contribution in [1.29, 1.82) is 0 Å². The molecule has 110 valence electrons. The summed E-state index contributed by atoms with van der Waals surface area (Å²) in [6, 6.07) is 0.